The Morgan fingerprint density at radius 3 is 2.15 bits per heavy atom. The molecule has 1 atom stereocenters. The minimum Gasteiger partial charge on any atom is -0.424 e. The summed E-state index contributed by atoms with van der Waals surface area (Å²) in [4.78, 5) is 22.9. The van der Waals surface area contributed by atoms with Gasteiger partial charge >= 0.3 is 5.97 Å². The van der Waals surface area contributed by atoms with Gasteiger partial charge in [0.05, 0.1) is 0 Å². The molecule has 102 valence electrons. The van der Waals surface area contributed by atoms with Crippen LogP contribution in [0.1, 0.15) is 28.9 Å². The fourth-order valence-electron chi connectivity index (χ4n) is 1.70. The van der Waals surface area contributed by atoms with E-state index in [-0.39, 0.29) is 11.5 Å². The average Bonchev–Trinajstić information content (AvgIpc) is 2.48. The van der Waals surface area contributed by atoms with E-state index in [1.807, 2.05) is 0 Å². The minimum atomic E-state index is -1.33. The highest BCUT2D eigenvalue weighted by Gasteiger charge is 2.19. The van der Waals surface area contributed by atoms with E-state index in [9.17, 15) is 14.7 Å². The van der Waals surface area contributed by atoms with E-state index in [2.05, 4.69) is 0 Å². The van der Waals surface area contributed by atoms with Crippen molar-refractivity contribution < 1.29 is 19.4 Å². The van der Waals surface area contributed by atoms with Crippen LogP contribution in [0.4, 0.5) is 0 Å². The van der Waals surface area contributed by atoms with Gasteiger partial charge in [-0.05, 0) is 36.8 Å². The van der Waals surface area contributed by atoms with Crippen LogP contribution < -0.4 is 4.74 Å². The molecular weight excluding hydrogens is 256 g/mol. The first-order chi connectivity index (χ1) is 9.58. The number of benzene rings is 2. The number of hydrogen-bond acceptors (Lipinski definition) is 4. The lowest BCUT2D eigenvalue weighted by Gasteiger charge is -2.10. The molecule has 1 N–H and O–H groups in total. The second kappa shape index (κ2) is 6.12. The first kappa shape index (κ1) is 14.0. The van der Waals surface area contributed by atoms with Gasteiger partial charge in [-0.2, -0.15) is 0 Å². The van der Waals surface area contributed by atoms with Crippen molar-refractivity contribution in [3.63, 3.8) is 0 Å². The van der Waals surface area contributed by atoms with Crippen LogP contribution in [0, 0.1) is 0 Å². The van der Waals surface area contributed by atoms with Gasteiger partial charge in [-0.15, -0.1) is 0 Å². The van der Waals surface area contributed by atoms with Crippen LogP contribution >= 0.6 is 0 Å². The Kier molecular flexibility index (Phi) is 4.27. The summed E-state index contributed by atoms with van der Waals surface area (Å²) in [6.07, 6.45) is -1.33. The van der Waals surface area contributed by atoms with Gasteiger partial charge in [-0.1, -0.05) is 30.3 Å². The summed E-state index contributed by atoms with van der Waals surface area (Å²) in [5, 5.41) is 9.86. The monoisotopic (exact) mass is 270 g/mol. The zero-order chi connectivity index (χ0) is 14.5. The molecule has 0 saturated carbocycles. The second-order valence-corrected chi connectivity index (χ2v) is 4.31. The number of ketones is 1. The zero-order valence-electron chi connectivity index (χ0n) is 10.9. The molecule has 2 rings (SSSR count). The van der Waals surface area contributed by atoms with Crippen LogP contribution in [0.15, 0.2) is 54.6 Å². The third-order valence-electron chi connectivity index (χ3n) is 2.82. The summed E-state index contributed by atoms with van der Waals surface area (Å²) >= 11 is 0. The van der Waals surface area contributed by atoms with Gasteiger partial charge in [0, 0.05) is 5.56 Å². The Bertz CT molecular complexity index is 602. The molecule has 0 aliphatic carbocycles. The Hall–Kier alpha value is -2.46. The Morgan fingerprint density at radius 1 is 1.00 bits per heavy atom. The molecule has 0 aromatic heterocycles. The van der Waals surface area contributed by atoms with Gasteiger partial charge < -0.3 is 9.84 Å². The van der Waals surface area contributed by atoms with E-state index in [1.54, 1.807) is 42.5 Å². The van der Waals surface area contributed by atoms with E-state index in [4.69, 9.17) is 4.74 Å². The lowest BCUT2D eigenvalue weighted by atomic mass is 10.1. The highest BCUT2D eigenvalue weighted by Crippen LogP contribution is 2.18. The number of ether oxygens (including phenoxy) is 1. The summed E-state index contributed by atoms with van der Waals surface area (Å²) in [6.45, 7) is 1.46. The number of carbonyl (C=O) groups is 2. The largest absolute Gasteiger partial charge is 0.424 e. The van der Waals surface area contributed by atoms with Gasteiger partial charge in [0.2, 0.25) is 0 Å². The SMILES string of the molecule is CC(=O)c1ccc(OC(=O)C(O)c2ccccc2)cc1. The minimum absolute atomic E-state index is 0.0628. The maximum absolute atomic E-state index is 11.8. The van der Waals surface area contributed by atoms with Crippen molar-refractivity contribution in [2.24, 2.45) is 0 Å². The van der Waals surface area contributed by atoms with E-state index in [0.29, 0.717) is 11.1 Å². The lowest BCUT2D eigenvalue weighted by Crippen LogP contribution is -2.18. The number of aliphatic hydroxyl groups excluding tert-OH is 1. The van der Waals surface area contributed by atoms with Crippen molar-refractivity contribution in [3.05, 3.63) is 65.7 Å². The molecule has 0 heterocycles. The van der Waals surface area contributed by atoms with Crippen LogP contribution in [-0.2, 0) is 4.79 Å². The van der Waals surface area contributed by atoms with Crippen LogP contribution in [0.3, 0.4) is 0 Å². The number of carbonyl (C=O) groups excluding carboxylic acids is 2. The van der Waals surface area contributed by atoms with E-state index in [0.717, 1.165) is 0 Å². The van der Waals surface area contributed by atoms with Crippen molar-refractivity contribution in [2.75, 3.05) is 0 Å². The lowest BCUT2D eigenvalue weighted by molar-refractivity contribution is -0.144. The molecule has 0 amide bonds. The van der Waals surface area contributed by atoms with Crippen molar-refractivity contribution in [2.45, 2.75) is 13.0 Å². The molecule has 2 aromatic rings. The molecule has 1 unspecified atom stereocenters. The quantitative estimate of drug-likeness (QED) is 0.527. The summed E-state index contributed by atoms with van der Waals surface area (Å²) < 4.78 is 5.07. The highest BCUT2D eigenvalue weighted by molar-refractivity contribution is 5.94. The maximum atomic E-state index is 11.8. The van der Waals surface area contributed by atoms with E-state index < -0.39 is 12.1 Å². The summed E-state index contributed by atoms with van der Waals surface area (Å²) in [6, 6.07) is 14.7. The number of Topliss-reactive ketones (excluding diaryl/α,β-unsaturated/α-hetero) is 1. The van der Waals surface area contributed by atoms with Gasteiger partial charge in [0.15, 0.2) is 11.9 Å². The first-order valence-corrected chi connectivity index (χ1v) is 6.13. The predicted molar refractivity (Wildman–Crippen MR) is 73.5 cm³/mol. The Labute approximate surface area is 116 Å². The van der Waals surface area contributed by atoms with Crippen molar-refractivity contribution in [1.82, 2.24) is 0 Å². The van der Waals surface area contributed by atoms with Gasteiger partial charge in [-0.25, -0.2) is 4.79 Å². The number of esters is 1. The third kappa shape index (κ3) is 3.30. The van der Waals surface area contributed by atoms with Gasteiger partial charge in [0.1, 0.15) is 5.75 Å². The van der Waals surface area contributed by atoms with Crippen molar-refractivity contribution in [1.29, 1.82) is 0 Å². The fraction of sp³-hybridized carbons (Fsp3) is 0.125. The molecule has 0 fully saturated rings. The van der Waals surface area contributed by atoms with Gasteiger partial charge in [0.25, 0.3) is 0 Å². The van der Waals surface area contributed by atoms with E-state index >= 15 is 0 Å². The standard InChI is InChI=1S/C16H14O4/c1-11(17)12-7-9-14(10-8-12)20-16(19)15(18)13-5-3-2-4-6-13/h2-10,15,18H,1H3. The molecule has 0 saturated heterocycles. The molecule has 4 heteroatoms. The molecule has 4 nitrogen and oxygen atoms in total. The molecule has 0 aliphatic rings. The molecule has 0 bridgehead atoms. The Morgan fingerprint density at radius 2 is 1.60 bits per heavy atom. The first-order valence-electron chi connectivity index (χ1n) is 6.13. The smallest absolute Gasteiger partial charge is 0.345 e. The predicted octanol–water partition coefficient (Wildman–Crippen LogP) is 2.53. The summed E-state index contributed by atoms with van der Waals surface area (Å²) in [5.74, 6) is -0.533. The topological polar surface area (TPSA) is 63.6 Å². The number of aliphatic hydroxyl groups is 1. The fourth-order valence-corrected chi connectivity index (χ4v) is 1.70. The zero-order valence-corrected chi connectivity index (χ0v) is 10.9. The summed E-state index contributed by atoms with van der Waals surface area (Å²) in [7, 11) is 0. The molecule has 0 aliphatic heterocycles. The van der Waals surface area contributed by atoms with Crippen LogP contribution in [-0.4, -0.2) is 16.9 Å². The molecule has 0 spiro atoms. The van der Waals surface area contributed by atoms with Crippen molar-refractivity contribution in [3.8, 4) is 5.75 Å². The van der Waals surface area contributed by atoms with Crippen LogP contribution in [0.5, 0.6) is 5.75 Å². The van der Waals surface area contributed by atoms with Gasteiger partial charge in [-0.3, -0.25) is 4.79 Å². The van der Waals surface area contributed by atoms with Crippen LogP contribution in [0.25, 0.3) is 0 Å². The maximum Gasteiger partial charge on any atom is 0.345 e. The number of hydrogen-bond donors (Lipinski definition) is 1. The summed E-state index contributed by atoms with van der Waals surface area (Å²) in [5.41, 5.74) is 1.01. The van der Waals surface area contributed by atoms with Crippen LogP contribution in [0.2, 0.25) is 0 Å². The van der Waals surface area contributed by atoms with E-state index in [1.165, 1.54) is 19.1 Å². The van der Waals surface area contributed by atoms with Crippen molar-refractivity contribution >= 4 is 11.8 Å². The molecule has 2 aromatic carbocycles. The molecular formula is C16H14O4. The molecule has 0 radical (unpaired) electrons. The highest BCUT2D eigenvalue weighted by atomic mass is 16.5. The third-order valence-corrected chi connectivity index (χ3v) is 2.82. The number of rotatable bonds is 4. The second-order valence-electron chi connectivity index (χ2n) is 4.31. The average molecular weight is 270 g/mol. The Balaban J connectivity index is 2.06. The normalized spacial score (nSPS) is 11.7. The molecule has 20 heavy (non-hydrogen) atoms.